The smallest absolute Gasteiger partial charge is 0.414 e. The van der Waals surface area contributed by atoms with Crippen molar-refractivity contribution in [3.05, 3.63) is 71.3 Å². The van der Waals surface area contributed by atoms with E-state index in [1.54, 1.807) is 16.9 Å². The van der Waals surface area contributed by atoms with Crippen molar-refractivity contribution in [3.8, 4) is 11.5 Å². The van der Waals surface area contributed by atoms with Crippen molar-refractivity contribution >= 4 is 38.2 Å². The lowest BCUT2D eigenvalue weighted by Crippen LogP contribution is -2.46. The second-order valence-electron chi connectivity index (χ2n) is 22.7. The second kappa shape index (κ2) is 20.9. The van der Waals surface area contributed by atoms with Crippen molar-refractivity contribution in [1.82, 2.24) is 4.90 Å². The van der Waals surface area contributed by atoms with E-state index in [0.29, 0.717) is 68.1 Å². The number of hydrogen-bond acceptors (Lipinski definition) is 10. The lowest BCUT2D eigenvalue weighted by Gasteiger charge is -2.38. The molecule has 2 amide bonds. The predicted molar refractivity (Wildman–Crippen MR) is 264 cm³/mol. The van der Waals surface area contributed by atoms with Crippen LogP contribution in [0.4, 0.5) is 15.3 Å². The molecule has 0 spiro atoms. The van der Waals surface area contributed by atoms with E-state index < -0.39 is 43.3 Å². The van der Waals surface area contributed by atoms with E-state index in [4.69, 9.17) is 32.8 Å². The standard InChI is InChI=1S/C53H80N2O10Si/c1-35-20-25-43(60-34-38-21-23-42(59-14)24-22-38)46-40(32-53(12,13)62-46)19-17-18-39-30-41(31-44(45(39)47(56)61-36(35)2)65-66(15,16)52(9,10)11)55(49(58)64-51(6,7)8)33-37-26-28-54(29-27-37)48(57)63-50(3,4)5/h17-18,20-25,30-31,35-37,40,43,46H,19,26-29,32-34H2,1-16H3/b18-17+,25-20-/t35-,36+,40-,43-,46+/m1/s1. The Labute approximate surface area is 396 Å². The molecule has 0 aliphatic carbocycles. The van der Waals surface area contributed by atoms with Crippen LogP contribution in [0.3, 0.4) is 0 Å². The normalized spacial score (nSPS) is 24.2. The maximum atomic E-state index is 14.8. The molecule has 2 aromatic rings. The van der Waals surface area contributed by atoms with Gasteiger partial charge in [0, 0.05) is 31.6 Å². The number of piperidine rings is 1. The van der Waals surface area contributed by atoms with Crippen molar-refractivity contribution in [2.45, 2.75) is 176 Å². The number of carbonyl (C=O) groups excluding carboxylic acids is 3. The number of fused-ring (bicyclic) bond motifs is 2. The third-order valence-electron chi connectivity index (χ3n) is 13.1. The quantitative estimate of drug-likeness (QED) is 0.104. The minimum absolute atomic E-state index is 0.0491. The van der Waals surface area contributed by atoms with Gasteiger partial charge in [-0.25, -0.2) is 14.4 Å². The van der Waals surface area contributed by atoms with Gasteiger partial charge >= 0.3 is 18.2 Å². The average molecular weight is 933 g/mol. The minimum atomic E-state index is -2.59. The highest BCUT2D eigenvalue weighted by molar-refractivity contribution is 6.74. The number of methoxy groups -OCH3 is 1. The first-order valence-corrected chi connectivity index (χ1v) is 26.8. The number of allylic oxidation sites excluding steroid dienone is 1. The van der Waals surface area contributed by atoms with Crippen molar-refractivity contribution in [2.75, 3.05) is 31.6 Å². The highest BCUT2D eigenvalue weighted by Crippen LogP contribution is 2.43. The zero-order valence-corrected chi connectivity index (χ0v) is 43.9. The Bertz CT molecular complexity index is 2050. The van der Waals surface area contributed by atoms with E-state index in [0.717, 1.165) is 17.7 Å². The van der Waals surface area contributed by atoms with Crippen LogP contribution in [0.25, 0.3) is 6.08 Å². The van der Waals surface area contributed by atoms with E-state index in [1.165, 1.54) is 0 Å². The van der Waals surface area contributed by atoms with E-state index in [2.05, 4.69) is 65.9 Å². The number of nitrogens with zero attached hydrogens (tertiary/aromatic N) is 2. The summed E-state index contributed by atoms with van der Waals surface area (Å²) in [5, 5.41) is -0.215. The van der Waals surface area contributed by atoms with Crippen LogP contribution in [0.2, 0.25) is 18.1 Å². The summed E-state index contributed by atoms with van der Waals surface area (Å²) in [6.07, 6.45) is 9.00. The van der Waals surface area contributed by atoms with Crippen molar-refractivity contribution in [2.24, 2.45) is 17.8 Å². The largest absolute Gasteiger partial charge is 0.543 e. The van der Waals surface area contributed by atoms with Crippen molar-refractivity contribution in [3.63, 3.8) is 0 Å². The molecule has 5 atom stereocenters. The first kappa shape index (κ1) is 52.6. The van der Waals surface area contributed by atoms with Gasteiger partial charge in [-0.1, -0.05) is 64.1 Å². The topological polar surface area (TPSA) is 122 Å². The van der Waals surface area contributed by atoms with Gasteiger partial charge in [0.2, 0.25) is 0 Å². The van der Waals surface area contributed by atoms with Gasteiger partial charge in [-0.3, -0.25) is 4.90 Å². The Morgan fingerprint density at radius 1 is 0.909 bits per heavy atom. The van der Waals surface area contributed by atoms with Crippen LogP contribution in [0, 0.1) is 17.8 Å². The number of benzene rings is 2. The molecule has 66 heavy (non-hydrogen) atoms. The molecule has 0 aromatic heterocycles. The number of cyclic esters (lactones) is 1. The van der Waals surface area contributed by atoms with E-state index >= 15 is 0 Å². The fraction of sp³-hybridized carbons (Fsp3) is 0.642. The van der Waals surface area contributed by atoms with Crippen LogP contribution >= 0.6 is 0 Å². The Morgan fingerprint density at radius 3 is 2.14 bits per heavy atom. The van der Waals surface area contributed by atoms with Crippen LogP contribution in [0.5, 0.6) is 11.5 Å². The number of esters is 1. The molecule has 3 aliphatic heterocycles. The summed E-state index contributed by atoms with van der Waals surface area (Å²) in [5.74, 6) is 0.605. The molecular formula is C53H80N2O10Si. The van der Waals surface area contributed by atoms with Gasteiger partial charge in [0.15, 0.2) is 0 Å². The predicted octanol–water partition coefficient (Wildman–Crippen LogP) is 12.4. The first-order valence-electron chi connectivity index (χ1n) is 23.9. The summed E-state index contributed by atoms with van der Waals surface area (Å²) in [4.78, 5) is 45.6. The number of rotatable bonds is 9. The van der Waals surface area contributed by atoms with Crippen LogP contribution in [-0.2, 0) is 30.3 Å². The van der Waals surface area contributed by atoms with Crippen molar-refractivity contribution in [1.29, 1.82) is 0 Å². The van der Waals surface area contributed by atoms with Gasteiger partial charge in [0.05, 0.1) is 31.1 Å². The molecule has 2 saturated heterocycles. The molecule has 0 radical (unpaired) electrons. The first-order chi connectivity index (χ1) is 30.5. The molecule has 0 unspecified atom stereocenters. The molecule has 0 bridgehead atoms. The Kier molecular flexibility index (Phi) is 16.7. The minimum Gasteiger partial charge on any atom is -0.543 e. The number of carbonyl (C=O) groups is 3. The van der Waals surface area contributed by atoms with Crippen molar-refractivity contribution < 1.29 is 47.2 Å². The van der Waals surface area contributed by atoms with Gasteiger partial charge < -0.3 is 37.7 Å². The van der Waals surface area contributed by atoms with Gasteiger partial charge in [-0.05, 0) is 147 Å². The number of ether oxygens (including phenoxy) is 6. The molecule has 3 heterocycles. The SMILES string of the molecule is COc1ccc(CO[C@@H]2/C=C\[C@@H](C)[C@H](C)OC(=O)c3c(cc(N(CC4CCN(C(=O)OC(C)(C)C)CC4)C(=O)OC(C)(C)C)cc3O[Si](C)(C)C(C)(C)C)/C=C/C[C@@H]3CC(C)(C)O[C@@H]32)cc1. The molecular weight excluding hydrogens is 853 g/mol. The summed E-state index contributed by atoms with van der Waals surface area (Å²) < 4.78 is 44.1. The third kappa shape index (κ3) is 14.3. The second-order valence-corrected chi connectivity index (χ2v) is 27.4. The van der Waals surface area contributed by atoms with Crippen LogP contribution in [0.1, 0.15) is 137 Å². The van der Waals surface area contributed by atoms with Gasteiger partial charge in [0.25, 0.3) is 8.32 Å². The molecule has 13 heteroatoms. The van der Waals surface area contributed by atoms with Crippen LogP contribution in [-0.4, -0.2) is 93.2 Å². The fourth-order valence-electron chi connectivity index (χ4n) is 8.25. The molecule has 5 rings (SSSR count). The maximum absolute atomic E-state index is 14.8. The van der Waals surface area contributed by atoms with Crippen LogP contribution < -0.4 is 14.1 Å². The lowest BCUT2D eigenvalue weighted by molar-refractivity contribution is -0.0908. The molecule has 0 N–H and O–H groups in total. The monoisotopic (exact) mass is 933 g/mol. The van der Waals surface area contributed by atoms with Gasteiger partial charge in [-0.15, -0.1) is 0 Å². The Hall–Kier alpha value is -4.33. The highest BCUT2D eigenvalue weighted by Gasteiger charge is 2.44. The lowest BCUT2D eigenvalue weighted by atomic mass is 9.88. The molecule has 2 aromatic carbocycles. The molecule has 0 saturated carbocycles. The average Bonchev–Trinajstić information content (AvgIpc) is 3.51. The highest BCUT2D eigenvalue weighted by atomic mass is 28.4. The van der Waals surface area contributed by atoms with E-state index in [9.17, 15) is 14.4 Å². The number of anilines is 1. The van der Waals surface area contributed by atoms with Gasteiger partial charge in [-0.2, -0.15) is 0 Å². The van der Waals surface area contributed by atoms with Crippen LogP contribution in [0.15, 0.2) is 54.6 Å². The maximum Gasteiger partial charge on any atom is 0.414 e. The zero-order valence-electron chi connectivity index (χ0n) is 42.9. The summed E-state index contributed by atoms with van der Waals surface area (Å²) >= 11 is 0. The van der Waals surface area contributed by atoms with Gasteiger partial charge in [0.1, 0.15) is 40.5 Å². The third-order valence-corrected chi connectivity index (χ3v) is 17.4. The summed E-state index contributed by atoms with van der Waals surface area (Å²) in [6.45, 7) is 31.8. The summed E-state index contributed by atoms with van der Waals surface area (Å²) in [7, 11) is -0.941. The zero-order chi connectivity index (χ0) is 49.0. The van der Waals surface area contributed by atoms with E-state index in [1.807, 2.05) is 97.9 Å². The number of likely N-dealkylation sites (tertiary alicyclic amines) is 1. The molecule has 12 nitrogen and oxygen atoms in total. The molecule has 366 valence electrons. The molecule has 3 aliphatic rings. The van der Waals surface area contributed by atoms with E-state index in [-0.39, 0.29) is 41.1 Å². The number of hydrogen-bond donors (Lipinski definition) is 0. The fourth-order valence-corrected chi connectivity index (χ4v) is 9.27. The summed E-state index contributed by atoms with van der Waals surface area (Å²) in [6, 6.07) is 11.6. The Balaban J connectivity index is 1.59. The molecule has 2 fully saturated rings. The number of amides is 2. The summed E-state index contributed by atoms with van der Waals surface area (Å²) in [5.41, 5.74) is 0.684. The Morgan fingerprint density at radius 2 is 1.55 bits per heavy atom.